The Bertz CT molecular complexity index is 632. The van der Waals surface area contributed by atoms with E-state index in [0.717, 1.165) is 0 Å². The highest BCUT2D eigenvalue weighted by molar-refractivity contribution is 5.90. The van der Waals surface area contributed by atoms with E-state index in [0.29, 0.717) is 36.5 Å². The molecule has 0 spiro atoms. The summed E-state index contributed by atoms with van der Waals surface area (Å²) in [7, 11) is 1.58. The van der Waals surface area contributed by atoms with Crippen LogP contribution in [0.3, 0.4) is 0 Å². The molecule has 0 fully saturated rings. The van der Waals surface area contributed by atoms with Crippen LogP contribution in [0.2, 0.25) is 0 Å². The van der Waals surface area contributed by atoms with Crippen LogP contribution in [-0.4, -0.2) is 19.6 Å². The molecule has 0 unspecified atom stereocenters. The predicted molar refractivity (Wildman–Crippen MR) is 84.3 cm³/mol. The molecule has 0 heterocycles. The van der Waals surface area contributed by atoms with Gasteiger partial charge in [-0.25, -0.2) is 4.39 Å². The van der Waals surface area contributed by atoms with Gasteiger partial charge in [0.15, 0.2) is 0 Å². The lowest BCUT2D eigenvalue weighted by Gasteiger charge is -2.08. The zero-order valence-electron chi connectivity index (χ0n) is 12.4. The van der Waals surface area contributed by atoms with E-state index in [4.69, 9.17) is 4.74 Å². The van der Waals surface area contributed by atoms with E-state index >= 15 is 0 Å². The number of nitrogens with one attached hydrogen (secondary N) is 2. The van der Waals surface area contributed by atoms with Gasteiger partial charge < -0.3 is 15.4 Å². The maximum absolute atomic E-state index is 13.4. The Morgan fingerprint density at radius 1 is 1.18 bits per heavy atom. The van der Waals surface area contributed by atoms with Gasteiger partial charge in [0, 0.05) is 36.8 Å². The van der Waals surface area contributed by atoms with Gasteiger partial charge in [-0.2, -0.15) is 0 Å². The van der Waals surface area contributed by atoms with Gasteiger partial charge in [0.2, 0.25) is 5.91 Å². The molecule has 0 saturated carbocycles. The molecule has 0 bridgehead atoms. The van der Waals surface area contributed by atoms with Crippen LogP contribution in [0, 0.1) is 5.82 Å². The first kappa shape index (κ1) is 16.0. The van der Waals surface area contributed by atoms with E-state index in [2.05, 4.69) is 10.6 Å². The average molecular weight is 302 g/mol. The van der Waals surface area contributed by atoms with Gasteiger partial charge in [0.05, 0.1) is 7.11 Å². The van der Waals surface area contributed by atoms with Crippen molar-refractivity contribution in [1.82, 2.24) is 5.32 Å². The summed E-state index contributed by atoms with van der Waals surface area (Å²) in [6, 6.07) is 13.8. The van der Waals surface area contributed by atoms with Crippen molar-refractivity contribution in [2.24, 2.45) is 0 Å². The number of benzene rings is 2. The molecular weight excluding hydrogens is 283 g/mol. The third kappa shape index (κ3) is 4.86. The van der Waals surface area contributed by atoms with Gasteiger partial charge in [-0.05, 0) is 18.2 Å². The molecule has 2 aromatic rings. The summed E-state index contributed by atoms with van der Waals surface area (Å²) in [6.07, 6.45) is 0.311. The zero-order valence-corrected chi connectivity index (χ0v) is 12.4. The maximum atomic E-state index is 13.4. The molecule has 0 radical (unpaired) electrons. The number of carbonyl (C=O) groups excluding carboxylic acids is 1. The molecule has 5 heteroatoms. The van der Waals surface area contributed by atoms with Crippen LogP contribution in [0.1, 0.15) is 12.0 Å². The number of ether oxygens (including phenoxy) is 1. The number of hydrogen-bond acceptors (Lipinski definition) is 3. The van der Waals surface area contributed by atoms with Crippen LogP contribution in [0.25, 0.3) is 0 Å². The SMILES string of the molecule is COc1cccc(NC(=O)CCNCc2ccccc2F)c1. The summed E-state index contributed by atoms with van der Waals surface area (Å²) >= 11 is 0. The first-order valence-corrected chi connectivity index (χ1v) is 7.07. The smallest absolute Gasteiger partial charge is 0.225 e. The molecule has 2 aromatic carbocycles. The largest absolute Gasteiger partial charge is 0.497 e. The van der Waals surface area contributed by atoms with Crippen molar-refractivity contribution in [3.8, 4) is 5.75 Å². The third-order valence-corrected chi connectivity index (χ3v) is 3.16. The number of rotatable bonds is 7. The Morgan fingerprint density at radius 2 is 2.00 bits per heavy atom. The summed E-state index contributed by atoms with van der Waals surface area (Å²) in [6.45, 7) is 0.878. The molecule has 116 valence electrons. The van der Waals surface area contributed by atoms with Crippen molar-refractivity contribution in [1.29, 1.82) is 0 Å². The van der Waals surface area contributed by atoms with Crippen molar-refractivity contribution in [2.45, 2.75) is 13.0 Å². The normalized spacial score (nSPS) is 10.3. The number of methoxy groups -OCH3 is 1. The highest BCUT2D eigenvalue weighted by atomic mass is 19.1. The second-order valence-electron chi connectivity index (χ2n) is 4.80. The fraction of sp³-hybridized carbons (Fsp3) is 0.235. The summed E-state index contributed by atoms with van der Waals surface area (Å²) in [4.78, 5) is 11.8. The minimum absolute atomic E-state index is 0.103. The van der Waals surface area contributed by atoms with Crippen LogP contribution >= 0.6 is 0 Å². The minimum atomic E-state index is -0.240. The van der Waals surface area contributed by atoms with Crippen molar-refractivity contribution in [2.75, 3.05) is 19.0 Å². The zero-order chi connectivity index (χ0) is 15.8. The van der Waals surface area contributed by atoms with Gasteiger partial charge in [-0.1, -0.05) is 24.3 Å². The van der Waals surface area contributed by atoms with E-state index in [1.807, 2.05) is 12.1 Å². The van der Waals surface area contributed by atoms with E-state index in [9.17, 15) is 9.18 Å². The summed E-state index contributed by atoms with van der Waals surface area (Å²) in [5.74, 6) is 0.348. The summed E-state index contributed by atoms with van der Waals surface area (Å²) in [5, 5.41) is 5.85. The van der Waals surface area contributed by atoms with Crippen LogP contribution in [-0.2, 0) is 11.3 Å². The molecule has 2 rings (SSSR count). The molecule has 0 aliphatic carbocycles. The molecule has 0 aromatic heterocycles. The fourth-order valence-electron chi connectivity index (χ4n) is 1.99. The van der Waals surface area contributed by atoms with E-state index in [-0.39, 0.29) is 11.7 Å². The van der Waals surface area contributed by atoms with Gasteiger partial charge >= 0.3 is 0 Å². The third-order valence-electron chi connectivity index (χ3n) is 3.16. The topological polar surface area (TPSA) is 50.4 Å². The quantitative estimate of drug-likeness (QED) is 0.773. The molecule has 0 aliphatic heterocycles. The molecule has 1 amide bonds. The first-order chi connectivity index (χ1) is 10.7. The number of hydrogen-bond donors (Lipinski definition) is 2. The molecular formula is C17H19FN2O2. The molecule has 4 nitrogen and oxygen atoms in total. The first-order valence-electron chi connectivity index (χ1n) is 7.07. The standard InChI is InChI=1S/C17H19FN2O2/c1-22-15-7-4-6-14(11-15)20-17(21)9-10-19-12-13-5-2-3-8-16(13)18/h2-8,11,19H,9-10,12H2,1H3,(H,20,21). The van der Waals surface area contributed by atoms with E-state index in [1.165, 1.54) is 6.07 Å². The Hall–Kier alpha value is -2.40. The van der Waals surface area contributed by atoms with Gasteiger partial charge in [-0.15, -0.1) is 0 Å². The minimum Gasteiger partial charge on any atom is -0.497 e. The lowest BCUT2D eigenvalue weighted by Crippen LogP contribution is -2.21. The van der Waals surface area contributed by atoms with E-state index < -0.39 is 0 Å². The van der Waals surface area contributed by atoms with Crippen molar-refractivity contribution < 1.29 is 13.9 Å². The Morgan fingerprint density at radius 3 is 2.77 bits per heavy atom. The highest BCUT2D eigenvalue weighted by Gasteiger charge is 2.04. The Balaban J connectivity index is 1.73. The monoisotopic (exact) mass is 302 g/mol. The number of halogens is 1. The fourth-order valence-corrected chi connectivity index (χ4v) is 1.99. The van der Waals surface area contributed by atoms with Gasteiger partial charge in [0.25, 0.3) is 0 Å². The Kier molecular flexibility index (Phi) is 5.91. The Labute approximate surface area is 129 Å². The van der Waals surface area contributed by atoms with Crippen LogP contribution in [0.5, 0.6) is 5.75 Å². The predicted octanol–water partition coefficient (Wildman–Crippen LogP) is 2.95. The number of amides is 1. The molecule has 22 heavy (non-hydrogen) atoms. The lowest BCUT2D eigenvalue weighted by atomic mass is 10.2. The molecule has 0 saturated heterocycles. The molecule has 2 N–H and O–H groups in total. The van der Waals surface area contributed by atoms with Crippen LogP contribution in [0.4, 0.5) is 10.1 Å². The molecule has 0 aliphatic rings. The van der Waals surface area contributed by atoms with Crippen LogP contribution in [0.15, 0.2) is 48.5 Å². The highest BCUT2D eigenvalue weighted by Crippen LogP contribution is 2.16. The second kappa shape index (κ2) is 8.14. The van der Waals surface area contributed by atoms with E-state index in [1.54, 1.807) is 37.4 Å². The van der Waals surface area contributed by atoms with Crippen molar-refractivity contribution in [3.05, 3.63) is 59.9 Å². The average Bonchev–Trinajstić information content (AvgIpc) is 2.53. The number of carbonyl (C=O) groups is 1. The lowest BCUT2D eigenvalue weighted by molar-refractivity contribution is -0.116. The van der Waals surface area contributed by atoms with Gasteiger partial charge in [0.1, 0.15) is 11.6 Å². The van der Waals surface area contributed by atoms with Crippen LogP contribution < -0.4 is 15.4 Å². The summed E-state index contributed by atoms with van der Waals surface area (Å²) in [5.41, 5.74) is 1.29. The van der Waals surface area contributed by atoms with Crippen molar-refractivity contribution in [3.63, 3.8) is 0 Å². The summed E-state index contributed by atoms with van der Waals surface area (Å²) < 4.78 is 18.5. The second-order valence-corrected chi connectivity index (χ2v) is 4.80. The maximum Gasteiger partial charge on any atom is 0.225 e. The molecule has 0 atom stereocenters. The number of anilines is 1. The van der Waals surface area contributed by atoms with Crippen molar-refractivity contribution >= 4 is 11.6 Å². The van der Waals surface area contributed by atoms with Gasteiger partial charge in [-0.3, -0.25) is 4.79 Å².